The molecule has 8 aromatic carbocycles. The van der Waals surface area contributed by atoms with E-state index in [0.717, 1.165) is 22.3 Å². The first kappa shape index (κ1) is 54.9. The maximum absolute atomic E-state index is 15.1. The van der Waals surface area contributed by atoms with E-state index in [-0.39, 0.29) is 40.9 Å². The lowest BCUT2D eigenvalue weighted by Crippen LogP contribution is -2.33. The first-order valence-electron chi connectivity index (χ1n) is 25.1. The molecule has 0 N–H and O–H groups in total. The minimum Gasteiger partial charge on any atom is -0.440 e. The van der Waals surface area contributed by atoms with E-state index in [9.17, 15) is 0 Å². The molecule has 2 aliphatic heterocycles. The summed E-state index contributed by atoms with van der Waals surface area (Å²) in [6.07, 6.45) is -1.34. The van der Waals surface area contributed by atoms with Gasteiger partial charge < -0.3 is 46.5 Å². The quantitative estimate of drug-likeness (QED) is 0.0551. The Bertz CT molecular complexity index is 3190. The summed E-state index contributed by atoms with van der Waals surface area (Å²) >= 11 is 0. The lowest BCUT2D eigenvalue weighted by Gasteiger charge is -2.35. The molecule has 0 amide bonds. The SMILES string of the molecule is C.Cc1cccc(C)c1OC(=O)c1cc2ccccc2c(-c2c(OPOc3ccccc3C3OCC(C)(C)CO3)c(C(=O)Oc3c(C)cccc3C)cc3ccccc23)c1OPOc1ccccc1C1OCC(C)(C)CO1. The zero-order valence-electron chi connectivity index (χ0n) is 43.7. The van der Waals surface area contributed by atoms with Crippen molar-refractivity contribution in [2.75, 3.05) is 26.4 Å². The van der Waals surface area contributed by atoms with Crippen LogP contribution < -0.4 is 27.6 Å². The summed E-state index contributed by atoms with van der Waals surface area (Å²) in [4.78, 5) is 30.2. The second-order valence-corrected chi connectivity index (χ2v) is 22.0. The normalized spacial score (nSPS) is 15.6. The van der Waals surface area contributed by atoms with Gasteiger partial charge in [0.15, 0.2) is 12.6 Å². The molecule has 2 fully saturated rings. The summed E-state index contributed by atoms with van der Waals surface area (Å²) in [5.41, 5.74) is 5.24. The van der Waals surface area contributed by atoms with Crippen LogP contribution in [0.15, 0.2) is 146 Å². The van der Waals surface area contributed by atoms with Crippen molar-refractivity contribution in [1.29, 1.82) is 0 Å². The van der Waals surface area contributed by atoms with E-state index in [1.54, 1.807) is 12.1 Å². The Balaban J connectivity index is 0.00000722. The topological polar surface area (TPSA) is 126 Å². The van der Waals surface area contributed by atoms with E-state index < -0.39 is 42.6 Å². The maximum Gasteiger partial charge on any atom is 0.347 e. The number of carbonyl (C=O) groups is 2. The Morgan fingerprint density at radius 3 is 1.16 bits per heavy atom. The van der Waals surface area contributed by atoms with Crippen LogP contribution in [0.3, 0.4) is 0 Å². The van der Waals surface area contributed by atoms with Gasteiger partial charge in [-0.05, 0) is 95.8 Å². The van der Waals surface area contributed by atoms with E-state index in [0.29, 0.717) is 93.2 Å². The van der Waals surface area contributed by atoms with Crippen molar-refractivity contribution in [2.24, 2.45) is 10.8 Å². The second kappa shape index (κ2) is 23.4. The van der Waals surface area contributed by atoms with E-state index in [1.165, 1.54) is 0 Å². The van der Waals surface area contributed by atoms with Gasteiger partial charge in [0.2, 0.25) is 0 Å². The number of para-hydroxylation sites is 4. The molecule has 14 heteroatoms. The number of esters is 2. The highest BCUT2D eigenvalue weighted by Crippen LogP contribution is 2.52. The number of carbonyl (C=O) groups excluding carboxylic acids is 2. The Hall–Kier alpha value is -6.88. The van der Waals surface area contributed by atoms with Crippen molar-refractivity contribution >= 4 is 51.6 Å². The standard InChI is InChI=1S/C62H60O12P2.CH4/c1-37-19-17-20-38(2)53(37)69-57(63)47-31-41-23-9-11-25-43(41)51(55(47)73-75-71-49-29-15-13-27-45(49)59-65-33-61(5,6)34-66-59)52-44-26-12-10-24-42(44)32-48(58(64)70-54-39(3)21-18-22-40(54)4)56(52)74-76-72-50-30-16-14-28-46(50)60-67-35-62(7,8)36-68-60;/h9-32,59-60,75-76H,33-36H2,1-8H3;1H4. The third-order valence-corrected chi connectivity index (χ3v) is 14.5. The first-order chi connectivity index (χ1) is 36.6. The molecule has 0 radical (unpaired) electrons. The van der Waals surface area contributed by atoms with Crippen LogP contribution in [0, 0.1) is 38.5 Å². The molecule has 398 valence electrons. The average Bonchev–Trinajstić information content (AvgIpc) is 3.41. The van der Waals surface area contributed by atoms with Crippen molar-refractivity contribution in [2.45, 2.75) is 75.4 Å². The number of ether oxygens (including phenoxy) is 6. The zero-order chi connectivity index (χ0) is 53.1. The van der Waals surface area contributed by atoms with Crippen molar-refractivity contribution in [1.82, 2.24) is 0 Å². The number of hydrogen-bond donors (Lipinski definition) is 0. The molecule has 2 aliphatic rings. The van der Waals surface area contributed by atoms with Gasteiger partial charge in [0.05, 0.1) is 37.6 Å². The summed E-state index contributed by atoms with van der Waals surface area (Å²) in [7, 11) is -1.45. The Morgan fingerprint density at radius 1 is 0.442 bits per heavy atom. The fourth-order valence-corrected chi connectivity index (χ4v) is 10.6. The molecule has 12 nitrogen and oxygen atoms in total. The molecule has 0 aliphatic carbocycles. The smallest absolute Gasteiger partial charge is 0.347 e. The van der Waals surface area contributed by atoms with Crippen LogP contribution in [0.2, 0.25) is 0 Å². The fraction of sp³-hybridized carbons (Fsp3) is 0.270. The molecule has 0 spiro atoms. The third-order valence-electron chi connectivity index (χ3n) is 13.3. The van der Waals surface area contributed by atoms with Crippen LogP contribution in [0.5, 0.6) is 34.5 Å². The minimum absolute atomic E-state index is 0. The number of rotatable bonds is 15. The van der Waals surface area contributed by atoms with Gasteiger partial charge in [-0.15, -0.1) is 0 Å². The highest BCUT2D eigenvalue weighted by Gasteiger charge is 2.34. The summed E-state index contributed by atoms with van der Waals surface area (Å²) < 4.78 is 64.4. The number of benzene rings is 8. The van der Waals surface area contributed by atoms with Gasteiger partial charge in [-0.25, -0.2) is 9.59 Å². The Labute approximate surface area is 454 Å². The molecule has 2 unspecified atom stereocenters. The molecule has 2 atom stereocenters. The average molecular weight is 1080 g/mol. The summed E-state index contributed by atoms with van der Waals surface area (Å²) in [6.45, 7) is 17.9. The van der Waals surface area contributed by atoms with Crippen LogP contribution in [-0.2, 0) is 18.9 Å². The van der Waals surface area contributed by atoms with Crippen molar-refractivity contribution in [3.8, 4) is 45.6 Å². The highest BCUT2D eigenvalue weighted by molar-refractivity contribution is 7.27. The van der Waals surface area contributed by atoms with Gasteiger partial charge in [-0.1, -0.05) is 156 Å². The van der Waals surface area contributed by atoms with Crippen LogP contribution >= 0.6 is 18.1 Å². The molecule has 10 rings (SSSR count). The van der Waals surface area contributed by atoms with Gasteiger partial charge in [0.1, 0.15) is 45.6 Å². The monoisotopic (exact) mass is 1070 g/mol. The largest absolute Gasteiger partial charge is 0.440 e. The van der Waals surface area contributed by atoms with E-state index in [1.807, 2.05) is 161 Å². The molecule has 77 heavy (non-hydrogen) atoms. The van der Waals surface area contributed by atoms with E-state index in [4.69, 9.17) is 46.5 Å². The molecule has 0 saturated carbocycles. The van der Waals surface area contributed by atoms with Crippen molar-refractivity contribution < 1.29 is 56.1 Å². The minimum atomic E-state index is -0.723. The Kier molecular flexibility index (Phi) is 16.7. The molecule has 8 aromatic rings. The number of hydrogen-bond acceptors (Lipinski definition) is 12. The number of aryl methyl sites for hydroxylation is 4. The molecular weight excluding hydrogens is 1010 g/mol. The summed E-state index contributed by atoms with van der Waals surface area (Å²) in [5.74, 6) is 0.697. The lowest BCUT2D eigenvalue weighted by molar-refractivity contribution is -0.226. The summed E-state index contributed by atoms with van der Waals surface area (Å²) in [6, 6.07) is 45.2. The Morgan fingerprint density at radius 2 is 0.779 bits per heavy atom. The predicted molar refractivity (Wildman–Crippen MR) is 304 cm³/mol. The van der Waals surface area contributed by atoms with Gasteiger partial charge in [0.25, 0.3) is 18.1 Å². The second-order valence-electron chi connectivity index (χ2n) is 20.8. The molecule has 0 aromatic heterocycles. The molecule has 2 saturated heterocycles. The van der Waals surface area contributed by atoms with Gasteiger partial charge in [0, 0.05) is 22.0 Å². The van der Waals surface area contributed by atoms with Gasteiger partial charge in [-0.2, -0.15) is 0 Å². The van der Waals surface area contributed by atoms with Crippen molar-refractivity contribution in [3.63, 3.8) is 0 Å². The van der Waals surface area contributed by atoms with Crippen LogP contribution in [-0.4, -0.2) is 38.4 Å². The molecule has 2 heterocycles. The van der Waals surface area contributed by atoms with Gasteiger partial charge in [-0.3, -0.25) is 0 Å². The van der Waals surface area contributed by atoms with Crippen LogP contribution in [0.4, 0.5) is 0 Å². The van der Waals surface area contributed by atoms with Crippen LogP contribution in [0.25, 0.3) is 32.7 Å². The fourth-order valence-electron chi connectivity index (χ4n) is 9.38. The van der Waals surface area contributed by atoms with Crippen LogP contribution in [0.1, 0.15) is 102 Å². The molecule has 0 bridgehead atoms. The number of fused-ring (bicyclic) bond motifs is 2. The van der Waals surface area contributed by atoms with Crippen molar-refractivity contribution in [3.05, 3.63) is 190 Å². The third kappa shape index (κ3) is 12.0. The molecular formula is C63H64O12P2. The highest BCUT2D eigenvalue weighted by atomic mass is 31.1. The van der Waals surface area contributed by atoms with Gasteiger partial charge >= 0.3 is 11.9 Å². The van der Waals surface area contributed by atoms with E-state index >= 15 is 9.59 Å². The summed E-state index contributed by atoms with van der Waals surface area (Å²) in [5, 5.41) is 2.73. The predicted octanol–water partition coefficient (Wildman–Crippen LogP) is 16.0. The van der Waals surface area contributed by atoms with E-state index in [2.05, 4.69) is 27.7 Å². The lowest BCUT2D eigenvalue weighted by atomic mass is 9.88. The first-order valence-corrected chi connectivity index (χ1v) is 26.8. The zero-order valence-corrected chi connectivity index (χ0v) is 45.7. The maximum atomic E-state index is 15.1.